The van der Waals surface area contributed by atoms with Crippen LogP contribution >= 0.6 is 0 Å². The number of hydrogen-bond donors (Lipinski definition) is 2. The first-order valence-corrected chi connectivity index (χ1v) is 9.51. The molecule has 0 aliphatic carbocycles. The van der Waals surface area contributed by atoms with Gasteiger partial charge in [0.25, 0.3) is 0 Å². The molecule has 2 N–H and O–H groups in total. The van der Waals surface area contributed by atoms with E-state index in [1.165, 1.54) is 11.1 Å². The van der Waals surface area contributed by atoms with Crippen molar-refractivity contribution in [3.63, 3.8) is 0 Å². The Balaban J connectivity index is 1.92. The average Bonchev–Trinajstić information content (AvgIpc) is 2.74. The molecule has 0 aromatic heterocycles. The molecular weight excluding hydrogens is 354 g/mol. The van der Waals surface area contributed by atoms with Gasteiger partial charge in [-0.25, -0.2) is 0 Å². The molecule has 6 nitrogen and oxygen atoms in total. The molecule has 0 radical (unpaired) electrons. The third-order valence-corrected chi connectivity index (χ3v) is 4.30. The first kappa shape index (κ1) is 21.6. The van der Waals surface area contributed by atoms with Gasteiger partial charge in [0, 0.05) is 26.7 Å². The number of nitrogens with one attached hydrogen (secondary N) is 2. The van der Waals surface area contributed by atoms with Crippen LogP contribution in [-0.2, 0) is 24.4 Å². The Bertz CT molecular complexity index is 762. The second-order valence-corrected chi connectivity index (χ2v) is 6.29. The van der Waals surface area contributed by atoms with Crippen LogP contribution in [0.4, 0.5) is 0 Å². The van der Waals surface area contributed by atoms with Crippen LogP contribution in [0.15, 0.2) is 47.5 Å². The molecule has 0 fully saturated rings. The van der Waals surface area contributed by atoms with Crippen molar-refractivity contribution in [2.24, 2.45) is 4.99 Å². The first-order chi connectivity index (χ1) is 13.7. The number of rotatable bonds is 10. The smallest absolute Gasteiger partial charge is 0.191 e. The third kappa shape index (κ3) is 6.46. The number of guanidine groups is 1. The van der Waals surface area contributed by atoms with E-state index in [0.717, 1.165) is 30.3 Å². The third-order valence-electron chi connectivity index (χ3n) is 4.30. The molecule has 0 saturated heterocycles. The zero-order valence-corrected chi connectivity index (χ0v) is 17.2. The number of benzene rings is 2. The van der Waals surface area contributed by atoms with E-state index in [1.54, 1.807) is 21.3 Å². The average molecular weight is 386 g/mol. The molecule has 0 bridgehead atoms. The van der Waals surface area contributed by atoms with Gasteiger partial charge in [0.1, 0.15) is 0 Å². The molecule has 6 heteroatoms. The van der Waals surface area contributed by atoms with Gasteiger partial charge in [0.2, 0.25) is 0 Å². The molecule has 0 saturated carbocycles. The summed E-state index contributed by atoms with van der Waals surface area (Å²) in [5.74, 6) is 2.17. The fourth-order valence-electron chi connectivity index (χ4n) is 2.77. The van der Waals surface area contributed by atoms with E-state index in [4.69, 9.17) is 14.2 Å². The highest BCUT2D eigenvalue weighted by Crippen LogP contribution is 2.27. The topological polar surface area (TPSA) is 64.1 Å². The first-order valence-electron chi connectivity index (χ1n) is 9.51. The quantitative estimate of drug-likeness (QED) is 0.372. The van der Waals surface area contributed by atoms with E-state index in [0.29, 0.717) is 25.4 Å². The molecule has 2 aromatic carbocycles. The standard InChI is InChI=1S/C22H31N3O3/c1-5-12-28-16-19-9-7-6-8-18(19)15-25-22(23-2)24-14-17-10-11-20(26-3)21(13-17)27-4/h6-11,13H,5,12,14-16H2,1-4H3,(H2,23,24,25). The predicted molar refractivity (Wildman–Crippen MR) is 113 cm³/mol. The summed E-state index contributed by atoms with van der Waals surface area (Å²) in [6.45, 7) is 4.82. The fraction of sp³-hybridized carbons (Fsp3) is 0.409. The second kappa shape index (κ2) is 11.9. The van der Waals surface area contributed by atoms with Crippen molar-refractivity contribution in [1.82, 2.24) is 10.6 Å². The fourth-order valence-corrected chi connectivity index (χ4v) is 2.77. The highest BCUT2D eigenvalue weighted by atomic mass is 16.5. The van der Waals surface area contributed by atoms with Crippen LogP contribution in [0.2, 0.25) is 0 Å². The summed E-state index contributed by atoms with van der Waals surface area (Å²) in [7, 11) is 5.03. The van der Waals surface area contributed by atoms with Crippen LogP contribution in [0.1, 0.15) is 30.0 Å². The minimum atomic E-state index is 0.626. The van der Waals surface area contributed by atoms with Crippen molar-refractivity contribution < 1.29 is 14.2 Å². The van der Waals surface area contributed by atoms with E-state index in [-0.39, 0.29) is 0 Å². The molecular formula is C22H31N3O3. The number of methoxy groups -OCH3 is 2. The van der Waals surface area contributed by atoms with E-state index in [2.05, 4.69) is 34.7 Å². The highest BCUT2D eigenvalue weighted by Gasteiger charge is 2.06. The van der Waals surface area contributed by atoms with Crippen LogP contribution in [0.25, 0.3) is 0 Å². The minimum Gasteiger partial charge on any atom is -0.493 e. The van der Waals surface area contributed by atoms with E-state index >= 15 is 0 Å². The Morgan fingerprint density at radius 1 is 0.929 bits per heavy atom. The zero-order chi connectivity index (χ0) is 20.2. The van der Waals surface area contributed by atoms with Gasteiger partial charge in [-0.2, -0.15) is 0 Å². The lowest BCUT2D eigenvalue weighted by Crippen LogP contribution is -2.36. The van der Waals surface area contributed by atoms with E-state index in [1.807, 2.05) is 30.3 Å². The molecule has 0 aliphatic rings. The van der Waals surface area contributed by atoms with Gasteiger partial charge in [-0.1, -0.05) is 37.3 Å². The molecule has 0 heterocycles. The Hall–Kier alpha value is -2.73. The summed E-state index contributed by atoms with van der Waals surface area (Å²) in [5, 5.41) is 6.69. The molecule has 0 unspecified atom stereocenters. The van der Waals surface area contributed by atoms with Gasteiger partial charge in [-0.05, 0) is 35.2 Å². The van der Waals surface area contributed by atoms with Crippen molar-refractivity contribution in [3.8, 4) is 11.5 Å². The van der Waals surface area contributed by atoms with E-state index in [9.17, 15) is 0 Å². The maximum absolute atomic E-state index is 5.69. The van der Waals surface area contributed by atoms with Crippen LogP contribution in [0.3, 0.4) is 0 Å². The highest BCUT2D eigenvalue weighted by molar-refractivity contribution is 5.79. The molecule has 0 amide bonds. The molecule has 0 aliphatic heterocycles. The Morgan fingerprint density at radius 3 is 2.32 bits per heavy atom. The maximum atomic E-state index is 5.69. The molecule has 152 valence electrons. The molecule has 2 aromatic rings. The van der Waals surface area contributed by atoms with Crippen LogP contribution in [0, 0.1) is 0 Å². The van der Waals surface area contributed by atoms with Crippen molar-refractivity contribution >= 4 is 5.96 Å². The minimum absolute atomic E-state index is 0.626. The predicted octanol–water partition coefficient (Wildman–Crippen LogP) is 3.50. The Kier molecular flexibility index (Phi) is 9.15. The summed E-state index contributed by atoms with van der Waals surface area (Å²) in [5.41, 5.74) is 3.47. The summed E-state index contributed by atoms with van der Waals surface area (Å²) in [4.78, 5) is 4.31. The Labute approximate surface area is 167 Å². The van der Waals surface area contributed by atoms with Gasteiger partial charge in [0.15, 0.2) is 17.5 Å². The van der Waals surface area contributed by atoms with Crippen LogP contribution < -0.4 is 20.1 Å². The lowest BCUT2D eigenvalue weighted by molar-refractivity contribution is 0.121. The van der Waals surface area contributed by atoms with Gasteiger partial charge in [-0.3, -0.25) is 4.99 Å². The molecule has 0 spiro atoms. The molecule has 2 rings (SSSR count). The van der Waals surface area contributed by atoms with Gasteiger partial charge >= 0.3 is 0 Å². The van der Waals surface area contributed by atoms with Crippen molar-refractivity contribution in [1.29, 1.82) is 0 Å². The van der Waals surface area contributed by atoms with Crippen molar-refractivity contribution in [2.45, 2.75) is 33.0 Å². The largest absolute Gasteiger partial charge is 0.493 e. The van der Waals surface area contributed by atoms with Gasteiger partial charge in [-0.15, -0.1) is 0 Å². The normalized spacial score (nSPS) is 11.2. The van der Waals surface area contributed by atoms with Crippen molar-refractivity contribution in [2.75, 3.05) is 27.9 Å². The molecule has 28 heavy (non-hydrogen) atoms. The van der Waals surface area contributed by atoms with Gasteiger partial charge in [0.05, 0.1) is 20.8 Å². The SMILES string of the molecule is CCCOCc1ccccc1CNC(=NC)NCc1ccc(OC)c(OC)c1. The van der Waals surface area contributed by atoms with E-state index < -0.39 is 0 Å². The number of nitrogens with zero attached hydrogens (tertiary/aromatic N) is 1. The van der Waals surface area contributed by atoms with Crippen LogP contribution in [-0.4, -0.2) is 33.8 Å². The molecule has 0 atom stereocenters. The number of ether oxygens (including phenoxy) is 3. The lowest BCUT2D eigenvalue weighted by Gasteiger charge is -2.15. The summed E-state index contributed by atoms with van der Waals surface area (Å²) in [6, 6.07) is 14.2. The Morgan fingerprint density at radius 2 is 1.64 bits per heavy atom. The monoisotopic (exact) mass is 385 g/mol. The maximum Gasteiger partial charge on any atom is 0.191 e. The second-order valence-electron chi connectivity index (χ2n) is 6.29. The summed E-state index contributed by atoms with van der Waals surface area (Å²) in [6.07, 6.45) is 1.02. The number of hydrogen-bond acceptors (Lipinski definition) is 4. The lowest BCUT2D eigenvalue weighted by atomic mass is 10.1. The number of aliphatic imine (C=N–C) groups is 1. The summed E-state index contributed by atoms with van der Waals surface area (Å²) >= 11 is 0. The zero-order valence-electron chi connectivity index (χ0n) is 17.2. The van der Waals surface area contributed by atoms with Gasteiger partial charge < -0.3 is 24.8 Å². The van der Waals surface area contributed by atoms with Crippen LogP contribution in [0.5, 0.6) is 11.5 Å². The summed E-state index contributed by atoms with van der Waals surface area (Å²) < 4.78 is 16.3. The van der Waals surface area contributed by atoms with Crippen molar-refractivity contribution in [3.05, 3.63) is 59.2 Å².